The molecule has 0 fully saturated rings. The van der Waals surface area contributed by atoms with E-state index in [4.69, 9.17) is 0 Å². The van der Waals surface area contributed by atoms with Crippen LogP contribution in [0.1, 0.15) is 49.5 Å². The van der Waals surface area contributed by atoms with Crippen LogP contribution in [0.25, 0.3) is 0 Å². The third-order valence-electron chi connectivity index (χ3n) is 3.41. The van der Waals surface area contributed by atoms with E-state index in [2.05, 4.69) is 6.92 Å². The van der Waals surface area contributed by atoms with Crippen LogP contribution in [-0.4, -0.2) is 17.0 Å². The average Bonchev–Trinajstić information content (AvgIpc) is 2.39. The van der Waals surface area contributed by atoms with Crippen molar-refractivity contribution in [2.75, 3.05) is 0 Å². The highest BCUT2D eigenvalue weighted by Crippen LogP contribution is 2.17. The second-order valence-corrected chi connectivity index (χ2v) is 4.44. The van der Waals surface area contributed by atoms with E-state index in [1.54, 1.807) is 0 Å². The molecule has 1 N–H and O–H groups in total. The molecule has 2 heteroatoms. The fourth-order valence-corrected chi connectivity index (χ4v) is 2.02. The molecule has 0 aliphatic heterocycles. The van der Waals surface area contributed by atoms with Crippen LogP contribution >= 0.6 is 0 Å². The second-order valence-electron chi connectivity index (χ2n) is 4.44. The first-order valence-corrected chi connectivity index (χ1v) is 6.45. The predicted molar refractivity (Wildman–Crippen MR) is 70.2 cm³/mol. The molecule has 2 nitrogen and oxygen atoms in total. The molecule has 0 saturated heterocycles. The van der Waals surface area contributed by atoms with E-state index in [1.807, 2.05) is 38.1 Å². The van der Waals surface area contributed by atoms with Crippen molar-refractivity contribution in [1.29, 1.82) is 0 Å². The molecule has 0 spiro atoms. The Balaban J connectivity index is 2.80. The Morgan fingerprint density at radius 2 is 1.65 bits per heavy atom. The van der Waals surface area contributed by atoms with Gasteiger partial charge in [0, 0.05) is 5.56 Å². The van der Waals surface area contributed by atoms with Crippen LogP contribution in [0.5, 0.6) is 0 Å². The van der Waals surface area contributed by atoms with Crippen LogP contribution in [-0.2, 0) is 6.42 Å². The summed E-state index contributed by atoms with van der Waals surface area (Å²) in [5, 5.41) is 10.0. The third-order valence-corrected chi connectivity index (χ3v) is 3.41. The Kier molecular flexibility index (Phi) is 5.36. The Labute approximate surface area is 104 Å². The molecule has 0 aromatic heterocycles. The standard InChI is InChI=1S/C15H22O2/c1-4-11-7-9-13(10-8-11)15(17)14(16)12(5-2)6-3/h7-10,12,14,16H,4-6H2,1-3H3. The fourth-order valence-electron chi connectivity index (χ4n) is 2.02. The van der Waals surface area contributed by atoms with Crippen LogP contribution in [0.3, 0.4) is 0 Å². The molecule has 94 valence electrons. The van der Waals surface area contributed by atoms with Gasteiger partial charge in [-0.15, -0.1) is 0 Å². The van der Waals surface area contributed by atoms with Crippen LogP contribution < -0.4 is 0 Å². The number of aliphatic hydroxyl groups excluding tert-OH is 1. The number of Topliss-reactive ketones (excluding diaryl/α,β-unsaturated/α-hetero) is 1. The van der Waals surface area contributed by atoms with Gasteiger partial charge in [0.25, 0.3) is 0 Å². The highest BCUT2D eigenvalue weighted by Gasteiger charge is 2.24. The van der Waals surface area contributed by atoms with Crippen molar-refractivity contribution in [2.45, 2.75) is 46.1 Å². The zero-order valence-corrected chi connectivity index (χ0v) is 10.9. The van der Waals surface area contributed by atoms with Gasteiger partial charge in [-0.2, -0.15) is 0 Å². The zero-order valence-electron chi connectivity index (χ0n) is 10.9. The molecule has 0 saturated carbocycles. The predicted octanol–water partition coefficient (Wildman–Crippen LogP) is 3.23. The number of carbonyl (C=O) groups is 1. The molecular weight excluding hydrogens is 212 g/mol. The largest absolute Gasteiger partial charge is 0.385 e. The van der Waals surface area contributed by atoms with Crippen LogP contribution in [0.15, 0.2) is 24.3 Å². The lowest BCUT2D eigenvalue weighted by Crippen LogP contribution is -2.29. The maximum atomic E-state index is 12.1. The van der Waals surface area contributed by atoms with Crippen LogP contribution in [0.2, 0.25) is 0 Å². The maximum Gasteiger partial charge on any atom is 0.191 e. The number of rotatable bonds is 6. The number of benzene rings is 1. The first-order chi connectivity index (χ1) is 8.13. The summed E-state index contributed by atoms with van der Waals surface area (Å²) in [4.78, 5) is 12.1. The average molecular weight is 234 g/mol. The second kappa shape index (κ2) is 6.55. The van der Waals surface area contributed by atoms with Gasteiger partial charge < -0.3 is 5.11 Å². The molecule has 1 unspecified atom stereocenters. The number of aryl methyl sites for hydroxylation is 1. The molecular formula is C15H22O2. The van der Waals surface area contributed by atoms with Crippen LogP contribution in [0, 0.1) is 5.92 Å². The SMILES string of the molecule is CCc1ccc(C(=O)C(O)C(CC)CC)cc1. The highest BCUT2D eigenvalue weighted by molar-refractivity contribution is 5.99. The van der Waals surface area contributed by atoms with Crippen molar-refractivity contribution in [3.63, 3.8) is 0 Å². The Morgan fingerprint density at radius 3 is 2.06 bits per heavy atom. The molecule has 1 aromatic rings. The lowest BCUT2D eigenvalue weighted by Gasteiger charge is -2.18. The number of ketones is 1. The van der Waals surface area contributed by atoms with Gasteiger partial charge in [0.05, 0.1) is 0 Å². The summed E-state index contributed by atoms with van der Waals surface area (Å²) < 4.78 is 0. The highest BCUT2D eigenvalue weighted by atomic mass is 16.3. The summed E-state index contributed by atoms with van der Waals surface area (Å²) in [7, 11) is 0. The minimum absolute atomic E-state index is 0.0633. The van der Waals surface area contributed by atoms with Crippen LogP contribution in [0.4, 0.5) is 0 Å². The normalized spacial score (nSPS) is 12.8. The van der Waals surface area contributed by atoms with Gasteiger partial charge in [0.2, 0.25) is 0 Å². The molecule has 0 bridgehead atoms. The van der Waals surface area contributed by atoms with Gasteiger partial charge in [0.15, 0.2) is 5.78 Å². The number of hydrogen-bond donors (Lipinski definition) is 1. The number of hydrogen-bond acceptors (Lipinski definition) is 2. The fraction of sp³-hybridized carbons (Fsp3) is 0.533. The lowest BCUT2D eigenvalue weighted by atomic mass is 9.90. The lowest BCUT2D eigenvalue weighted by molar-refractivity contribution is 0.0588. The first-order valence-electron chi connectivity index (χ1n) is 6.45. The summed E-state index contributed by atoms with van der Waals surface area (Å²) >= 11 is 0. The molecule has 0 radical (unpaired) electrons. The van der Waals surface area contributed by atoms with E-state index in [0.717, 1.165) is 19.3 Å². The molecule has 0 aliphatic carbocycles. The monoisotopic (exact) mass is 234 g/mol. The molecule has 1 atom stereocenters. The van der Waals surface area contributed by atoms with Gasteiger partial charge in [0.1, 0.15) is 6.10 Å². The Hall–Kier alpha value is -1.15. The first kappa shape index (κ1) is 13.9. The zero-order chi connectivity index (χ0) is 12.8. The van der Waals surface area contributed by atoms with Crippen molar-refractivity contribution in [1.82, 2.24) is 0 Å². The quantitative estimate of drug-likeness (QED) is 0.767. The van der Waals surface area contributed by atoms with Gasteiger partial charge >= 0.3 is 0 Å². The van der Waals surface area contributed by atoms with Crippen molar-refractivity contribution in [2.24, 2.45) is 5.92 Å². The maximum absolute atomic E-state index is 12.1. The molecule has 0 heterocycles. The summed E-state index contributed by atoms with van der Waals surface area (Å²) in [6.45, 7) is 6.09. The summed E-state index contributed by atoms with van der Waals surface area (Å²) in [5.74, 6) is -0.0882. The molecule has 0 amide bonds. The van der Waals surface area contributed by atoms with Crippen molar-refractivity contribution < 1.29 is 9.90 Å². The summed E-state index contributed by atoms with van der Waals surface area (Å²) in [6, 6.07) is 7.53. The van der Waals surface area contributed by atoms with E-state index >= 15 is 0 Å². The van der Waals surface area contributed by atoms with Gasteiger partial charge in [-0.05, 0) is 17.9 Å². The van der Waals surface area contributed by atoms with Crippen molar-refractivity contribution >= 4 is 5.78 Å². The topological polar surface area (TPSA) is 37.3 Å². The number of carbonyl (C=O) groups excluding carboxylic acids is 1. The minimum atomic E-state index is -0.863. The minimum Gasteiger partial charge on any atom is -0.385 e. The van der Waals surface area contributed by atoms with Crippen molar-refractivity contribution in [3.8, 4) is 0 Å². The number of aliphatic hydroxyl groups is 1. The van der Waals surface area contributed by atoms with E-state index in [9.17, 15) is 9.90 Å². The van der Waals surface area contributed by atoms with Gasteiger partial charge in [-0.1, -0.05) is 57.9 Å². The van der Waals surface area contributed by atoms with E-state index < -0.39 is 6.10 Å². The van der Waals surface area contributed by atoms with E-state index in [1.165, 1.54) is 5.56 Å². The summed E-state index contributed by atoms with van der Waals surface area (Å²) in [6.07, 6.45) is 1.76. The van der Waals surface area contributed by atoms with Crippen molar-refractivity contribution in [3.05, 3.63) is 35.4 Å². The molecule has 1 rings (SSSR count). The smallest absolute Gasteiger partial charge is 0.191 e. The van der Waals surface area contributed by atoms with Gasteiger partial charge in [-0.25, -0.2) is 0 Å². The third kappa shape index (κ3) is 3.40. The van der Waals surface area contributed by atoms with E-state index in [0.29, 0.717) is 5.56 Å². The summed E-state index contributed by atoms with van der Waals surface area (Å²) in [5.41, 5.74) is 1.82. The molecule has 0 aliphatic rings. The Morgan fingerprint density at radius 1 is 1.12 bits per heavy atom. The Bertz CT molecular complexity index is 350. The van der Waals surface area contributed by atoms with Gasteiger partial charge in [-0.3, -0.25) is 4.79 Å². The molecule has 17 heavy (non-hydrogen) atoms. The van der Waals surface area contributed by atoms with E-state index in [-0.39, 0.29) is 11.7 Å². The molecule has 1 aromatic carbocycles.